The Labute approximate surface area is 436 Å². The Morgan fingerprint density at radius 3 is 0.915 bits per heavy atom. The fourth-order valence-corrected chi connectivity index (χ4v) is 7.31. The largest absolute Gasteiger partial charge is 0.462 e. The fraction of sp³-hybridized carbons (Fsp3) is 0.615. The highest BCUT2D eigenvalue weighted by Crippen LogP contribution is 2.13. The van der Waals surface area contributed by atoms with Crippen LogP contribution in [0.5, 0.6) is 0 Å². The number of hydrogen-bond donors (Lipinski definition) is 0. The van der Waals surface area contributed by atoms with E-state index >= 15 is 0 Å². The number of hydrogen-bond acceptors (Lipinski definition) is 6. The van der Waals surface area contributed by atoms with Gasteiger partial charge in [0.1, 0.15) is 13.2 Å². The molecule has 0 aromatic heterocycles. The highest BCUT2D eigenvalue weighted by Gasteiger charge is 2.19. The Bertz CT molecular complexity index is 1550. The van der Waals surface area contributed by atoms with Crippen molar-refractivity contribution < 1.29 is 28.6 Å². The lowest BCUT2D eigenvalue weighted by Gasteiger charge is -2.18. The molecule has 0 saturated heterocycles. The lowest BCUT2D eigenvalue weighted by atomic mass is 10.1. The summed E-state index contributed by atoms with van der Waals surface area (Å²) in [5.41, 5.74) is 0. The van der Waals surface area contributed by atoms with Crippen LogP contribution >= 0.6 is 0 Å². The van der Waals surface area contributed by atoms with Gasteiger partial charge >= 0.3 is 17.9 Å². The number of rotatable bonds is 50. The van der Waals surface area contributed by atoms with Gasteiger partial charge in [-0.15, -0.1) is 0 Å². The quantitative estimate of drug-likeness (QED) is 0.0262. The minimum Gasteiger partial charge on any atom is -0.462 e. The summed E-state index contributed by atoms with van der Waals surface area (Å²) in [6.07, 6.45) is 81.5. The monoisotopic (exact) mass is 981 g/mol. The maximum Gasteiger partial charge on any atom is 0.306 e. The Balaban J connectivity index is 4.57. The number of carbonyl (C=O) groups excluding carboxylic acids is 3. The molecule has 0 spiro atoms. The average molecular weight is 982 g/mol. The molecular formula is C65H104O6. The molecule has 0 saturated carbocycles. The van der Waals surface area contributed by atoms with Gasteiger partial charge in [0.2, 0.25) is 0 Å². The minimum atomic E-state index is -0.830. The van der Waals surface area contributed by atoms with Crippen molar-refractivity contribution in [1.82, 2.24) is 0 Å². The number of unbranched alkanes of at least 4 members (excludes halogenated alkanes) is 17. The third-order valence-corrected chi connectivity index (χ3v) is 11.6. The van der Waals surface area contributed by atoms with Crippen LogP contribution in [0.2, 0.25) is 0 Å². The van der Waals surface area contributed by atoms with E-state index in [2.05, 4.69) is 154 Å². The van der Waals surface area contributed by atoms with Crippen molar-refractivity contribution in [3.05, 3.63) is 134 Å². The molecular weight excluding hydrogens is 877 g/mol. The van der Waals surface area contributed by atoms with Gasteiger partial charge in [0.25, 0.3) is 0 Å². The van der Waals surface area contributed by atoms with Crippen molar-refractivity contribution >= 4 is 17.9 Å². The van der Waals surface area contributed by atoms with Gasteiger partial charge in [-0.25, -0.2) is 0 Å². The fourth-order valence-electron chi connectivity index (χ4n) is 7.31. The predicted molar refractivity (Wildman–Crippen MR) is 306 cm³/mol. The van der Waals surface area contributed by atoms with Gasteiger partial charge in [0.15, 0.2) is 6.10 Å². The van der Waals surface area contributed by atoms with E-state index in [1.165, 1.54) is 77.0 Å². The van der Waals surface area contributed by atoms with Gasteiger partial charge in [-0.1, -0.05) is 219 Å². The molecule has 6 heteroatoms. The number of carbonyl (C=O) groups is 3. The Hall–Kier alpha value is -4.45. The Kier molecular flexibility index (Phi) is 54.5. The van der Waals surface area contributed by atoms with E-state index in [0.29, 0.717) is 19.3 Å². The summed E-state index contributed by atoms with van der Waals surface area (Å²) in [5, 5.41) is 0. The second kappa shape index (κ2) is 58.1. The van der Waals surface area contributed by atoms with Crippen molar-refractivity contribution in [3.8, 4) is 0 Å². The lowest BCUT2D eigenvalue weighted by Crippen LogP contribution is -2.30. The molecule has 0 aliphatic rings. The van der Waals surface area contributed by atoms with E-state index in [1.807, 2.05) is 0 Å². The summed E-state index contributed by atoms with van der Waals surface area (Å²) >= 11 is 0. The maximum absolute atomic E-state index is 12.8. The molecule has 400 valence electrons. The summed E-state index contributed by atoms with van der Waals surface area (Å²) in [5.74, 6) is -1.02. The van der Waals surface area contributed by atoms with Crippen LogP contribution in [0.3, 0.4) is 0 Å². The minimum absolute atomic E-state index is 0.119. The van der Waals surface area contributed by atoms with E-state index in [9.17, 15) is 14.4 Å². The van der Waals surface area contributed by atoms with Crippen LogP contribution in [-0.4, -0.2) is 37.2 Å². The third kappa shape index (κ3) is 56.3. The molecule has 0 aromatic rings. The van der Waals surface area contributed by atoms with Gasteiger partial charge in [0, 0.05) is 19.3 Å². The number of ether oxygens (including phenoxy) is 3. The second-order valence-electron chi connectivity index (χ2n) is 18.5. The van der Waals surface area contributed by atoms with Crippen LogP contribution in [0, 0.1) is 0 Å². The first-order valence-electron chi connectivity index (χ1n) is 28.7. The molecule has 0 aromatic carbocycles. The van der Waals surface area contributed by atoms with E-state index in [1.54, 1.807) is 0 Å². The summed E-state index contributed by atoms with van der Waals surface area (Å²) in [7, 11) is 0. The highest BCUT2D eigenvalue weighted by atomic mass is 16.6. The zero-order chi connectivity index (χ0) is 51.4. The van der Waals surface area contributed by atoms with Gasteiger partial charge in [-0.3, -0.25) is 14.4 Å². The van der Waals surface area contributed by atoms with Crippen LogP contribution in [0.15, 0.2) is 134 Å². The summed E-state index contributed by atoms with van der Waals surface area (Å²) in [4.78, 5) is 38.2. The van der Waals surface area contributed by atoms with Crippen molar-refractivity contribution in [1.29, 1.82) is 0 Å². The first-order valence-corrected chi connectivity index (χ1v) is 28.7. The standard InChI is InChI=1S/C65H104O6/c1-4-7-10-13-16-19-22-25-28-31-32-35-37-40-43-46-49-52-55-58-64(67)70-61-62(71-65(68)59-56-53-50-47-44-41-38-34-30-27-24-21-18-15-12-9-6-3)60-69-63(66)57-54-51-48-45-42-39-36-33-29-26-23-20-17-14-11-8-5-2/h7,10,16-21,25-30,32,35,38,40-41,43,47,50,62H,4-6,8-9,11-15,22-24,31,33-34,36-37,39,42,44-46,48-49,51-61H2,1-3H3/b10-7+,19-16+,20-17+,21-18+,28-25+,29-26+,30-27+,35-32+,41-38+,43-40+,50-47+/t62-/m1/s1. The molecule has 0 amide bonds. The van der Waals surface area contributed by atoms with Crippen molar-refractivity contribution in [2.75, 3.05) is 13.2 Å². The normalized spacial score (nSPS) is 13.1. The molecule has 0 N–H and O–H groups in total. The average Bonchev–Trinajstić information content (AvgIpc) is 3.37. The van der Waals surface area contributed by atoms with Crippen LogP contribution in [0.25, 0.3) is 0 Å². The molecule has 6 nitrogen and oxygen atoms in total. The third-order valence-electron chi connectivity index (χ3n) is 11.6. The summed E-state index contributed by atoms with van der Waals surface area (Å²) in [6, 6.07) is 0. The summed E-state index contributed by atoms with van der Waals surface area (Å²) in [6.45, 7) is 6.38. The molecule has 0 bridgehead atoms. The molecule has 0 radical (unpaired) electrons. The van der Waals surface area contributed by atoms with Gasteiger partial charge in [0.05, 0.1) is 0 Å². The Morgan fingerprint density at radius 1 is 0.296 bits per heavy atom. The number of allylic oxidation sites excluding steroid dienone is 22. The molecule has 71 heavy (non-hydrogen) atoms. The molecule has 0 aliphatic carbocycles. The lowest BCUT2D eigenvalue weighted by molar-refractivity contribution is -0.167. The van der Waals surface area contributed by atoms with E-state index in [4.69, 9.17) is 14.2 Å². The van der Waals surface area contributed by atoms with Crippen LogP contribution in [0.1, 0.15) is 239 Å². The summed E-state index contributed by atoms with van der Waals surface area (Å²) < 4.78 is 16.8. The number of esters is 3. The van der Waals surface area contributed by atoms with Gasteiger partial charge < -0.3 is 14.2 Å². The van der Waals surface area contributed by atoms with Crippen molar-refractivity contribution in [2.24, 2.45) is 0 Å². The highest BCUT2D eigenvalue weighted by molar-refractivity contribution is 5.71. The van der Waals surface area contributed by atoms with Crippen LogP contribution in [-0.2, 0) is 28.6 Å². The van der Waals surface area contributed by atoms with Gasteiger partial charge in [-0.2, -0.15) is 0 Å². The smallest absolute Gasteiger partial charge is 0.306 e. The molecule has 0 rings (SSSR count). The van der Waals surface area contributed by atoms with Crippen LogP contribution < -0.4 is 0 Å². The Morgan fingerprint density at radius 2 is 0.563 bits per heavy atom. The molecule has 0 aliphatic heterocycles. The topological polar surface area (TPSA) is 78.9 Å². The van der Waals surface area contributed by atoms with Crippen molar-refractivity contribution in [3.63, 3.8) is 0 Å². The van der Waals surface area contributed by atoms with Gasteiger partial charge in [-0.05, 0) is 135 Å². The molecule has 0 fully saturated rings. The molecule has 0 heterocycles. The first-order chi connectivity index (χ1) is 35.0. The van der Waals surface area contributed by atoms with E-state index < -0.39 is 6.10 Å². The second-order valence-corrected chi connectivity index (χ2v) is 18.5. The SMILES string of the molecule is CC/C=C/C/C=C/C/C=C/C/C=C/C/C=C/CCCCCC(=O)OC[C@@H](COC(=O)CCCCCCCCC/C=C/C/C=C/CCCCC)OC(=O)CCC/C=C/C/C=C/C/C=C/C/C=C/CCCCC. The maximum atomic E-state index is 12.8. The zero-order valence-corrected chi connectivity index (χ0v) is 45.7. The van der Waals surface area contributed by atoms with Crippen molar-refractivity contribution in [2.45, 2.75) is 245 Å². The predicted octanol–water partition coefficient (Wildman–Crippen LogP) is 19.4. The van der Waals surface area contributed by atoms with E-state index in [0.717, 1.165) is 116 Å². The first kappa shape index (κ1) is 66.6. The molecule has 0 unspecified atom stereocenters. The van der Waals surface area contributed by atoms with Crippen LogP contribution in [0.4, 0.5) is 0 Å². The zero-order valence-electron chi connectivity index (χ0n) is 45.7. The molecule has 1 atom stereocenters. The van der Waals surface area contributed by atoms with E-state index in [-0.39, 0.29) is 37.5 Å².